The van der Waals surface area contributed by atoms with E-state index in [0.29, 0.717) is 13.2 Å². The summed E-state index contributed by atoms with van der Waals surface area (Å²) in [5.74, 6) is 2.57. The molecule has 2 aromatic carbocycles. The van der Waals surface area contributed by atoms with Crippen molar-refractivity contribution >= 4 is 0 Å². The van der Waals surface area contributed by atoms with E-state index in [-0.39, 0.29) is 6.10 Å². The first-order valence-corrected chi connectivity index (χ1v) is 7.66. The van der Waals surface area contributed by atoms with Gasteiger partial charge in [-0.25, -0.2) is 0 Å². The molecular weight excluding hydrogens is 278 g/mol. The van der Waals surface area contributed by atoms with Crippen LogP contribution in [0.3, 0.4) is 0 Å². The SMILES string of the molecule is CCOc1ccccc1CNCC1COc2ccccc2O1. The zero-order valence-corrected chi connectivity index (χ0v) is 12.7. The highest BCUT2D eigenvalue weighted by Gasteiger charge is 2.20. The van der Waals surface area contributed by atoms with Crippen LogP contribution < -0.4 is 19.5 Å². The van der Waals surface area contributed by atoms with Crippen molar-refractivity contribution in [1.29, 1.82) is 0 Å². The van der Waals surface area contributed by atoms with Crippen molar-refractivity contribution in [3.05, 3.63) is 54.1 Å². The van der Waals surface area contributed by atoms with Crippen molar-refractivity contribution < 1.29 is 14.2 Å². The summed E-state index contributed by atoms with van der Waals surface area (Å²) >= 11 is 0. The van der Waals surface area contributed by atoms with E-state index >= 15 is 0 Å². The van der Waals surface area contributed by atoms with Gasteiger partial charge in [-0.1, -0.05) is 30.3 Å². The van der Waals surface area contributed by atoms with Crippen LogP contribution in [0, 0.1) is 0 Å². The van der Waals surface area contributed by atoms with E-state index in [1.54, 1.807) is 0 Å². The Bertz CT molecular complexity index is 615. The summed E-state index contributed by atoms with van der Waals surface area (Å²) in [5.41, 5.74) is 1.15. The van der Waals surface area contributed by atoms with E-state index in [1.165, 1.54) is 0 Å². The summed E-state index contributed by atoms with van der Waals surface area (Å²) in [5, 5.41) is 3.42. The van der Waals surface area contributed by atoms with Gasteiger partial charge in [-0.2, -0.15) is 0 Å². The summed E-state index contributed by atoms with van der Waals surface area (Å²) in [6, 6.07) is 15.9. The molecule has 1 heterocycles. The van der Waals surface area contributed by atoms with Crippen LogP contribution >= 0.6 is 0 Å². The number of hydrogen-bond donors (Lipinski definition) is 1. The number of ether oxygens (including phenoxy) is 3. The fourth-order valence-corrected chi connectivity index (χ4v) is 2.48. The minimum absolute atomic E-state index is 0.0224. The monoisotopic (exact) mass is 299 g/mol. The highest BCUT2D eigenvalue weighted by atomic mass is 16.6. The van der Waals surface area contributed by atoms with E-state index in [0.717, 1.165) is 35.9 Å². The third kappa shape index (κ3) is 3.52. The molecule has 1 aliphatic heterocycles. The molecule has 4 heteroatoms. The van der Waals surface area contributed by atoms with Gasteiger partial charge in [0.1, 0.15) is 18.5 Å². The molecule has 4 nitrogen and oxygen atoms in total. The molecule has 0 aromatic heterocycles. The molecule has 0 spiro atoms. The molecule has 0 amide bonds. The van der Waals surface area contributed by atoms with Gasteiger partial charge in [0, 0.05) is 18.7 Å². The molecular formula is C18H21NO3. The van der Waals surface area contributed by atoms with Crippen LogP contribution in [0.1, 0.15) is 12.5 Å². The number of para-hydroxylation sites is 3. The maximum absolute atomic E-state index is 5.93. The molecule has 116 valence electrons. The van der Waals surface area contributed by atoms with Gasteiger partial charge in [-0.15, -0.1) is 0 Å². The van der Waals surface area contributed by atoms with Gasteiger partial charge in [-0.3, -0.25) is 0 Å². The van der Waals surface area contributed by atoms with Crippen LogP contribution in [0.2, 0.25) is 0 Å². The molecule has 1 unspecified atom stereocenters. The quantitative estimate of drug-likeness (QED) is 0.890. The summed E-state index contributed by atoms with van der Waals surface area (Å²) in [6.07, 6.45) is 0.0224. The summed E-state index contributed by atoms with van der Waals surface area (Å²) in [6.45, 7) is 4.71. The number of nitrogens with one attached hydrogen (secondary N) is 1. The fourth-order valence-electron chi connectivity index (χ4n) is 2.48. The topological polar surface area (TPSA) is 39.7 Å². The zero-order valence-electron chi connectivity index (χ0n) is 12.7. The first-order valence-electron chi connectivity index (χ1n) is 7.66. The molecule has 1 atom stereocenters. The number of hydrogen-bond acceptors (Lipinski definition) is 4. The van der Waals surface area contributed by atoms with Crippen molar-refractivity contribution in [2.75, 3.05) is 19.8 Å². The Morgan fingerprint density at radius 3 is 2.73 bits per heavy atom. The third-order valence-corrected chi connectivity index (χ3v) is 3.53. The van der Waals surface area contributed by atoms with E-state index < -0.39 is 0 Å². The van der Waals surface area contributed by atoms with Crippen LogP contribution in [-0.4, -0.2) is 25.9 Å². The molecule has 0 saturated heterocycles. The minimum atomic E-state index is 0.0224. The van der Waals surface area contributed by atoms with E-state index in [4.69, 9.17) is 14.2 Å². The van der Waals surface area contributed by atoms with Gasteiger partial charge >= 0.3 is 0 Å². The van der Waals surface area contributed by atoms with E-state index in [1.807, 2.05) is 49.4 Å². The van der Waals surface area contributed by atoms with Gasteiger partial charge in [0.15, 0.2) is 11.5 Å². The molecule has 3 rings (SSSR count). The normalized spacial score (nSPS) is 16.3. The predicted octanol–water partition coefficient (Wildman–Crippen LogP) is 3.01. The first kappa shape index (κ1) is 14.7. The van der Waals surface area contributed by atoms with Crippen LogP contribution in [0.25, 0.3) is 0 Å². The lowest BCUT2D eigenvalue weighted by Gasteiger charge is -2.26. The lowest BCUT2D eigenvalue weighted by molar-refractivity contribution is 0.0901. The van der Waals surface area contributed by atoms with E-state index in [9.17, 15) is 0 Å². The number of benzene rings is 2. The Hall–Kier alpha value is -2.20. The molecule has 0 radical (unpaired) electrons. The molecule has 1 aliphatic rings. The molecule has 0 bridgehead atoms. The number of fused-ring (bicyclic) bond motifs is 1. The minimum Gasteiger partial charge on any atom is -0.494 e. The van der Waals surface area contributed by atoms with Crippen LogP contribution in [-0.2, 0) is 6.54 Å². The van der Waals surface area contributed by atoms with Crippen LogP contribution in [0.4, 0.5) is 0 Å². The second-order valence-corrected chi connectivity index (χ2v) is 5.17. The average molecular weight is 299 g/mol. The summed E-state index contributed by atoms with van der Waals surface area (Å²) in [7, 11) is 0. The highest BCUT2D eigenvalue weighted by molar-refractivity contribution is 5.40. The van der Waals surface area contributed by atoms with Gasteiger partial charge in [0.05, 0.1) is 6.61 Å². The Morgan fingerprint density at radius 1 is 1.09 bits per heavy atom. The first-order chi connectivity index (χ1) is 10.9. The van der Waals surface area contributed by atoms with Crippen LogP contribution in [0.5, 0.6) is 17.2 Å². The molecule has 0 saturated carbocycles. The van der Waals surface area contributed by atoms with Gasteiger partial charge in [0.2, 0.25) is 0 Å². The van der Waals surface area contributed by atoms with Crippen molar-refractivity contribution in [3.63, 3.8) is 0 Å². The second-order valence-electron chi connectivity index (χ2n) is 5.17. The fraction of sp³-hybridized carbons (Fsp3) is 0.333. The second kappa shape index (κ2) is 7.18. The van der Waals surface area contributed by atoms with Crippen molar-refractivity contribution in [3.8, 4) is 17.2 Å². The lowest BCUT2D eigenvalue weighted by atomic mass is 10.2. The van der Waals surface area contributed by atoms with Crippen molar-refractivity contribution in [2.24, 2.45) is 0 Å². The summed E-state index contributed by atoms with van der Waals surface area (Å²) in [4.78, 5) is 0. The molecule has 0 aliphatic carbocycles. The van der Waals surface area contributed by atoms with Gasteiger partial charge < -0.3 is 19.5 Å². The maximum atomic E-state index is 5.93. The van der Waals surface area contributed by atoms with Gasteiger partial charge in [0.25, 0.3) is 0 Å². The lowest BCUT2D eigenvalue weighted by Crippen LogP contribution is -2.38. The Morgan fingerprint density at radius 2 is 1.86 bits per heavy atom. The van der Waals surface area contributed by atoms with Crippen LogP contribution in [0.15, 0.2) is 48.5 Å². The highest BCUT2D eigenvalue weighted by Crippen LogP contribution is 2.30. The Labute approximate surface area is 131 Å². The standard InChI is InChI=1S/C18H21NO3/c1-2-20-16-8-4-3-7-14(16)11-19-12-15-13-21-17-9-5-6-10-18(17)22-15/h3-10,15,19H,2,11-13H2,1H3. The number of rotatable bonds is 6. The smallest absolute Gasteiger partial charge is 0.161 e. The summed E-state index contributed by atoms with van der Waals surface area (Å²) < 4.78 is 17.3. The molecule has 2 aromatic rings. The molecule has 1 N–H and O–H groups in total. The van der Waals surface area contributed by atoms with E-state index in [2.05, 4.69) is 11.4 Å². The Balaban J connectivity index is 1.52. The zero-order chi connectivity index (χ0) is 15.2. The van der Waals surface area contributed by atoms with Crippen molar-refractivity contribution in [1.82, 2.24) is 5.32 Å². The average Bonchev–Trinajstić information content (AvgIpc) is 2.56. The third-order valence-electron chi connectivity index (χ3n) is 3.53. The maximum Gasteiger partial charge on any atom is 0.161 e. The van der Waals surface area contributed by atoms with Crippen molar-refractivity contribution in [2.45, 2.75) is 19.6 Å². The Kier molecular flexibility index (Phi) is 4.81. The molecule has 22 heavy (non-hydrogen) atoms. The molecule has 0 fully saturated rings. The largest absolute Gasteiger partial charge is 0.494 e. The predicted molar refractivity (Wildman–Crippen MR) is 85.7 cm³/mol. The van der Waals surface area contributed by atoms with Gasteiger partial charge in [-0.05, 0) is 25.1 Å².